The molecule has 1 saturated heterocycles. The number of unbranched alkanes of at least 4 members (excludes halogenated alkanes) is 35. The minimum absolute atomic E-state index is 0.164. The van der Waals surface area contributed by atoms with Crippen molar-refractivity contribution in [2.45, 2.75) is 307 Å². The second-order valence-corrected chi connectivity index (χ2v) is 21.5. The predicted molar refractivity (Wildman–Crippen MR) is 275 cm³/mol. The third kappa shape index (κ3) is 39.1. The average molecular weight is 989 g/mol. The average Bonchev–Trinajstić information content (AvgIpc) is 3.31. The molecule has 0 radical (unpaired) electrons. The molecule has 0 amide bonds. The lowest BCUT2D eigenvalue weighted by Gasteiger charge is -2.40. The topological polar surface area (TPSA) is 186 Å². The first-order chi connectivity index (χ1) is 33.0. The second kappa shape index (κ2) is 45.3. The van der Waals surface area contributed by atoms with Crippen LogP contribution in [0.25, 0.3) is 0 Å². The van der Waals surface area contributed by atoms with Gasteiger partial charge >= 0.3 is 11.9 Å². The Morgan fingerprint density at radius 3 is 1.22 bits per heavy atom. The van der Waals surface area contributed by atoms with Gasteiger partial charge in [-0.3, -0.25) is 14.1 Å². The maximum absolute atomic E-state index is 12.9. The van der Waals surface area contributed by atoms with Crippen LogP contribution in [-0.2, 0) is 38.7 Å². The number of hydrogen-bond donors (Lipinski definition) is 4. The summed E-state index contributed by atoms with van der Waals surface area (Å²) in [6.45, 7) is 3.81. The molecule has 6 unspecified atom stereocenters. The molecule has 1 rings (SSSR count). The highest BCUT2D eigenvalue weighted by Crippen LogP contribution is 2.24. The van der Waals surface area contributed by atoms with Crippen LogP contribution in [0, 0.1) is 0 Å². The third-order valence-corrected chi connectivity index (χ3v) is 14.1. The van der Waals surface area contributed by atoms with Crippen molar-refractivity contribution in [2.75, 3.05) is 19.0 Å². The Morgan fingerprint density at radius 2 is 0.838 bits per heavy atom. The molecular weight excluding hydrogens is 885 g/mol. The molecule has 0 aromatic rings. The molecule has 68 heavy (non-hydrogen) atoms. The summed E-state index contributed by atoms with van der Waals surface area (Å²) in [5, 5.41) is 31.0. The van der Waals surface area contributed by atoms with Gasteiger partial charge < -0.3 is 34.3 Å². The van der Waals surface area contributed by atoms with Crippen molar-refractivity contribution in [3.8, 4) is 0 Å². The second-order valence-electron chi connectivity index (χ2n) is 20.0. The SMILES string of the molecule is CCCCCCCC/C=C\CCCCCCCCCC(=O)OC(COC(=O)CCCCCCCCCCCCCCCCCCCCCCCCC)COC1OC(CS(=O)(=O)O)C(O)C(O)C1O. The lowest BCUT2D eigenvalue weighted by atomic mass is 10.00. The van der Waals surface area contributed by atoms with E-state index in [1.54, 1.807) is 0 Å². The highest BCUT2D eigenvalue weighted by atomic mass is 32.2. The van der Waals surface area contributed by atoms with E-state index in [9.17, 15) is 37.9 Å². The molecule has 0 aromatic carbocycles. The molecule has 402 valence electrons. The van der Waals surface area contributed by atoms with Gasteiger partial charge in [0.05, 0.1) is 6.61 Å². The molecule has 1 heterocycles. The van der Waals surface area contributed by atoms with Gasteiger partial charge in [0.1, 0.15) is 36.8 Å². The number of carbonyl (C=O) groups is 2. The minimum Gasteiger partial charge on any atom is -0.462 e. The number of aliphatic hydroxyl groups is 3. The molecule has 13 heteroatoms. The van der Waals surface area contributed by atoms with Crippen LogP contribution in [-0.4, -0.2) is 96.0 Å². The Kier molecular flexibility index (Phi) is 42.9. The molecule has 4 N–H and O–H groups in total. The van der Waals surface area contributed by atoms with Crippen molar-refractivity contribution in [1.29, 1.82) is 0 Å². The highest BCUT2D eigenvalue weighted by Gasteiger charge is 2.46. The summed E-state index contributed by atoms with van der Waals surface area (Å²) in [6.07, 6.45) is 42.6. The summed E-state index contributed by atoms with van der Waals surface area (Å²) in [5.74, 6) is -1.97. The highest BCUT2D eigenvalue weighted by molar-refractivity contribution is 7.85. The van der Waals surface area contributed by atoms with Crippen molar-refractivity contribution in [3.05, 3.63) is 12.2 Å². The molecule has 1 aliphatic rings. The number of carbonyl (C=O) groups excluding carboxylic acids is 2. The minimum atomic E-state index is -4.60. The zero-order valence-electron chi connectivity index (χ0n) is 43.5. The van der Waals surface area contributed by atoms with Crippen LogP contribution in [0.15, 0.2) is 12.2 Å². The molecule has 1 fully saturated rings. The van der Waals surface area contributed by atoms with E-state index in [1.807, 2.05) is 0 Å². The first kappa shape index (κ1) is 64.4. The molecule has 0 bridgehead atoms. The first-order valence-electron chi connectivity index (χ1n) is 28.2. The van der Waals surface area contributed by atoms with Crippen LogP contribution in [0.1, 0.15) is 271 Å². The quantitative estimate of drug-likeness (QED) is 0.0196. The number of esters is 2. The molecule has 1 aliphatic heterocycles. The Labute approximate surface area is 416 Å². The monoisotopic (exact) mass is 989 g/mol. The van der Waals surface area contributed by atoms with E-state index in [2.05, 4.69) is 26.0 Å². The van der Waals surface area contributed by atoms with Gasteiger partial charge in [0.2, 0.25) is 0 Å². The fourth-order valence-electron chi connectivity index (χ4n) is 8.97. The molecule has 0 saturated carbocycles. The van der Waals surface area contributed by atoms with E-state index < -0.39 is 71.2 Å². The summed E-state index contributed by atoms with van der Waals surface area (Å²) in [7, 11) is -4.60. The van der Waals surface area contributed by atoms with Gasteiger partial charge in [-0.15, -0.1) is 0 Å². The Bertz CT molecular complexity index is 1300. The molecule has 6 atom stereocenters. The Morgan fingerprint density at radius 1 is 0.485 bits per heavy atom. The van der Waals surface area contributed by atoms with Crippen LogP contribution in [0.4, 0.5) is 0 Å². The van der Waals surface area contributed by atoms with Crippen molar-refractivity contribution in [3.63, 3.8) is 0 Å². The molecule has 0 spiro atoms. The van der Waals surface area contributed by atoms with Crippen molar-refractivity contribution in [1.82, 2.24) is 0 Å². The van der Waals surface area contributed by atoms with E-state index >= 15 is 0 Å². The van der Waals surface area contributed by atoms with E-state index in [0.717, 1.165) is 51.4 Å². The zero-order chi connectivity index (χ0) is 49.8. The maximum Gasteiger partial charge on any atom is 0.306 e. The van der Waals surface area contributed by atoms with Crippen LogP contribution in [0.3, 0.4) is 0 Å². The largest absolute Gasteiger partial charge is 0.462 e. The van der Waals surface area contributed by atoms with Gasteiger partial charge in [-0.1, -0.05) is 231 Å². The van der Waals surface area contributed by atoms with Crippen molar-refractivity contribution < 1.29 is 56.8 Å². The predicted octanol–water partition coefficient (Wildman–Crippen LogP) is 13.4. The number of hydrogen-bond acceptors (Lipinski definition) is 11. The number of allylic oxidation sites excluding steroid dienone is 2. The van der Waals surface area contributed by atoms with E-state index in [-0.39, 0.29) is 19.4 Å². The summed E-state index contributed by atoms with van der Waals surface area (Å²) in [4.78, 5) is 25.6. The van der Waals surface area contributed by atoms with Gasteiger partial charge in [-0.05, 0) is 38.5 Å². The lowest BCUT2D eigenvalue weighted by Crippen LogP contribution is -2.60. The van der Waals surface area contributed by atoms with E-state index in [0.29, 0.717) is 12.8 Å². The summed E-state index contributed by atoms with van der Waals surface area (Å²) >= 11 is 0. The standard InChI is InChI=1S/C55H104O12S/c1-3-5-7-9-11-13-15-17-19-21-22-23-24-25-26-28-29-31-33-35-37-39-41-43-50(56)64-45-48(46-65-55-54(60)53(59)52(58)49(67-55)47-68(61,62)63)66-51(57)44-42-40-38-36-34-32-30-27-20-18-16-14-12-10-8-6-4-2/h18,20,48-49,52-55,58-60H,3-17,19,21-47H2,1-2H3,(H,61,62,63)/b20-18-. The number of ether oxygens (including phenoxy) is 4. The van der Waals surface area contributed by atoms with Crippen LogP contribution in [0.5, 0.6) is 0 Å². The smallest absolute Gasteiger partial charge is 0.306 e. The third-order valence-electron chi connectivity index (χ3n) is 13.3. The first-order valence-corrected chi connectivity index (χ1v) is 29.9. The Hall–Kier alpha value is -1.61. The number of rotatable bonds is 49. The molecule has 12 nitrogen and oxygen atoms in total. The number of aliphatic hydroxyl groups excluding tert-OH is 3. The maximum atomic E-state index is 12.9. The summed E-state index contributed by atoms with van der Waals surface area (Å²) < 4.78 is 54.3. The molecule has 0 aliphatic carbocycles. The lowest BCUT2D eigenvalue weighted by molar-refractivity contribution is -0.297. The van der Waals surface area contributed by atoms with Gasteiger partial charge in [-0.2, -0.15) is 8.42 Å². The van der Waals surface area contributed by atoms with Gasteiger partial charge in [0.25, 0.3) is 10.1 Å². The fraction of sp³-hybridized carbons (Fsp3) is 0.927. The van der Waals surface area contributed by atoms with Crippen LogP contribution < -0.4 is 0 Å². The van der Waals surface area contributed by atoms with Crippen molar-refractivity contribution >= 4 is 22.1 Å². The zero-order valence-corrected chi connectivity index (χ0v) is 44.3. The van der Waals surface area contributed by atoms with Crippen LogP contribution in [0.2, 0.25) is 0 Å². The van der Waals surface area contributed by atoms with Crippen molar-refractivity contribution in [2.24, 2.45) is 0 Å². The van der Waals surface area contributed by atoms with Gasteiger partial charge in [0.15, 0.2) is 12.4 Å². The normalized spacial score (nSPS) is 19.2. The Balaban J connectivity index is 2.30. The van der Waals surface area contributed by atoms with Gasteiger partial charge in [-0.25, -0.2) is 0 Å². The van der Waals surface area contributed by atoms with E-state index in [1.165, 1.54) is 180 Å². The summed E-state index contributed by atoms with van der Waals surface area (Å²) in [5.41, 5.74) is 0. The van der Waals surface area contributed by atoms with Gasteiger partial charge in [0, 0.05) is 12.8 Å². The molecule has 0 aromatic heterocycles. The molecular formula is C55H104O12S. The van der Waals surface area contributed by atoms with Crippen LogP contribution >= 0.6 is 0 Å². The fourth-order valence-corrected chi connectivity index (χ4v) is 9.66. The van der Waals surface area contributed by atoms with E-state index in [4.69, 9.17) is 18.9 Å². The summed E-state index contributed by atoms with van der Waals surface area (Å²) in [6, 6.07) is 0.